The molecule has 0 aliphatic carbocycles. The summed E-state index contributed by atoms with van der Waals surface area (Å²) in [5, 5.41) is 8.23. The summed E-state index contributed by atoms with van der Waals surface area (Å²) in [5.41, 5.74) is 1.68. The van der Waals surface area contributed by atoms with Crippen molar-refractivity contribution in [3.8, 4) is 5.75 Å². The number of aryl methyl sites for hydroxylation is 1. The van der Waals surface area contributed by atoms with Crippen molar-refractivity contribution in [3.05, 3.63) is 59.7 Å². The van der Waals surface area contributed by atoms with Gasteiger partial charge in [-0.05, 0) is 36.8 Å². The van der Waals surface area contributed by atoms with Gasteiger partial charge in [0.1, 0.15) is 5.75 Å². The Labute approximate surface area is 157 Å². The van der Waals surface area contributed by atoms with Gasteiger partial charge in [0.2, 0.25) is 10.0 Å². The zero-order valence-electron chi connectivity index (χ0n) is 14.5. The number of thioether (sulfide) groups is 1. The average Bonchev–Trinajstić information content (AvgIpc) is 2.61. The van der Waals surface area contributed by atoms with Crippen molar-refractivity contribution in [2.45, 2.75) is 23.6 Å². The standard InChI is InChI=1S/C18H21NO5S2/c1-13-3-9-16(10-4-13)26(22,23)19-18(25-12-11-17(20)21)14-5-7-15(24-2)8-6-14/h3-10,18-19H,11-12H2,1-2H3,(H,20,21). The van der Waals surface area contributed by atoms with Gasteiger partial charge in [0.05, 0.1) is 23.8 Å². The minimum absolute atomic E-state index is 0.0520. The van der Waals surface area contributed by atoms with E-state index in [1.54, 1.807) is 55.6 Å². The summed E-state index contributed by atoms with van der Waals surface area (Å²) >= 11 is 1.23. The van der Waals surface area contributed by atoms with Gasteiger partial charge >= 0.3 is 5.97 Å². The monoisotopic (exact) mass is 395 g/mol. The molecule has 0 saturated heterocycles. The van der Waals surface area contributed by atoms with E-state index in [4.69, 9.17) is 9.84 Å². The topological polar surface area (TPSA) is 92.7 Å². The highest BCUT2D eigenvalue weighted by atomic mass is 32.2. The van der Waals surface area contributed by atoms with E-state index in [1.807, 2.05) is 6.92 Å². The van der Waals surface area contributed by atoms with Crippen molar-refractivity contribution < 1.29 is 23.1 Å². The second kappa shape index (κ2) is 9.07. The van der Waals surface area contributed by atoms with Gasteiger partial charge in [-0.2, -0.15) is 4.72 Å². The molecule has 2 aromatic rings. The zero-order valence-corrected chi connectivity index (χ0v) is 16.1. The van der Waals surface area contributed by atoms with Crippen LogP contribution in [0.25, 0.3) is 0 Å². The van der Waals surface area contributed by atoms with Gasteiger partial charge in [-0.3, -0.25) is 4.79 Å². The number of hydrogen-bond donors (Lipinski definition) is 2. The van der Waals surface area contributed by atoms with E-state index in [0.29, 0.717) is 5.75 Å². The lowest BCUT2D eigenvalue weighted by Crippen LogP contribution is -2.27. The predicted molar refractivity (Wildman–Crippen MR) is 102 cm³/mol. The molecule has 0 saturated carbocycles. The maximum atomic E-state index is 12.7. The Morgan fingerprint density at radius 1 is 1.15 bits per heavy atom. The lowest BCUT2D eigenvalue weighted by molar-refractivity contribution is -0.136. The summed E-state index contributed by atoms with van der Waals surface area (Å²) in [7, 11) is -2.19. The SMILES string of the molecule is COc1ccc(C(NS(=O)(=O)c2ccc(C)cc2)SCCC(=O)O)cc1. The maximum absolute atomic E-state index is 12.7. The van der Waals surface area contributed by atoms with Gasteiger partial charge in [-0.15, -0.1) is 11.8 Å². The van der Waals surface area contributed by atoms with Gasteiger partial charge in [-0.25, -0.2) is 8.42 Å². The molecule has 0 aliphatic rings. The lowest BCUT2D eigenvalue weighted by Gasteiger charge is -2.19. The van der Waals surface area contributed by atoms with Gasteiger partial charge in [0.15, 0.2) is 0 Å². The van der Waals surface area contributed by atoms with E-state index >= 15 is 0 Å². The Hall–Kier alpha value is -2.03. The van der Waals surface area contributed by atoms with Crippen LogP contribution in [0.3, 0.4) is 0 Å². The van der Waals surface area contributed by atoms with Crippen molar-refractivity contribution in [3.63, 3.8) is 0 Å². The molecule has 140 valence electrons. The molecule has 1 unspecified atom stereocenters. The molecule has 6 nitrogen and oxygen atoms in total. The number of aliphatic carboxylic acids is 1. The number of methoxy groups -OCH3 is 1. The highest BCUT2D eigenvalue weighted by Crippen LogP contribution is 2.30. The van der Waals surface area contributed by atoms with Gasteiger partial charge in [0, 0.05) is 5.75 Å². The first-order valence-corrected chi connectivity index (χ1v) is 10.4. The Morgan fingerprint density at radius 2 is 1.77 bits per heavy atom. The fraction of sp³-hybridized carbons (Fsp3) is 0.278. The normalized spacial score (nSPS) is 12.5. The van der Waals surface area contributed by atoms with E-state index in [2.05, 4.69) is 4.72 Å². The smallest absolute Gasteiger partial charge is 0.304 e. The molecule has 8 heteroatoms. The number of sulfonamides is 1. The van der Waals surface area contributed by atoms with E-state index in [-0.39, 0.29) is 17.1 Å². The van der Waals surface area contributed by atoms with Crippen LogP contribution in [0.5, 0.6) is 5.75 Å². The molecule has 0 fully saturated rings. The summed E-state index contributed by atoms with van der Waals surface area (Å²) in [6.07, 6.45) is -0.0520. The quantitative estimate of drug-likeness (QED) is 0.634. The van der Waals surface area contributed by atoms with Crippen molar-refractivity contribution in [2.75, 3.05) is 12.9 Å². The highest BCUT2D eigenvalue weighted by Gasteiger charge is 2.22. The minimum Gasteiger partial charge on any atom is -0.497 e. The molecule has 2 aromatic carbocycles. The molecule has 0 aromatic heterocycles. The number of carboxylic acids is 1. The molecule has 0 aliphatic heterocycles. The van der Waals surface area contributed by atoms with Crippen LogP contribution in [-0.2, 0) is 14.8 Å². The maximum Gasteiger partial charge on any atom is 0.304 e. The Balaban J connectivity index is 2.23. The zero-order chi connectivity index (χ0) is 19.2. The number of carbonyl (C=O) groups is 1. The third-order valence-electron chi connectivity index (χ3n) is 3.61. The first-order valence-electron chi connectivity index (χ1n) is 7.88. The predicted octanol–water partition coefficient (Wildman–Crippen LogP) is 3.19. The average molecular weight is 396 g/mol. The second-order valence-electron chi connectivity index (χ2n) is 5.60. The summed E-state index contributed by atoms with van der Waals surface area (Å²) in [6.45, 7) is 1.88. The summed E-state index contributed by atoms with van der Waals surface area (Å²) in [5.74, 6) is 0.0134. The van der Waals surface area contributed by atoms with Crippen molar-refractivity contribution >= 4 is 27.8 Å². The Kier molecular flexibility index (Phi) is 7.07. The van der Waals surface area contributed by atoms with Crippen LogP contribution in [0.4, 0.5) is 0 Å². The molecule has 1 atom stereocenters. The van der Waals surface area contributed by atoms with Crippen LogP contribution in [0.15, 0.2) is 53.4 Å². The van der Waals surface area contributed by atoms with Crippen LogP contribution >= 0.6 is 11.8 Å². The number of nitrogens with one attached hydrogen (secondary N) is 1. The van der Waals surface area contributed by atoms with Crippen LogP contribution in [0.2, 0.25) is 0 Å². The minimum atomic E-state index is -3.74. The van der Waals surface area contributed by atoms with Crippen molar-refractivity contribution in [2.24, 2.45) is 0 Å². The molecule has 0 heterocycles. The Morgan fingerprint density at radius 3 is 2.31 bits per heavy atom. The van der Waals surface area contributed by atoms with Gasteiger partial charge < -0.3 is 9.84 Å². The second-order valence-corrected chi connectivity index (χ2v) is 8.53. The molecule has 0 bridgehead atoms. The van der Waals surface area contributed by atoms with E-state index in [9.17, 15) is 13.2 Å². The molecule has 26 heavy (non-hydrogen) atoms. The molecular formula is C18H21NO5S2. The molecule has 0 spiro atoms. The molecular weight excluding hydrogens is 374 g/mol. The highest BCUT2D eigenvalue weighted by molar-refractivity contribution is 8.00. The number of carboxylic acid groups (broad SMARTS) is 1. The van der Waals surface area contributed by atoms with Gasteiger partial charge in [0.25, 0.3) is 0 Å². The third kappa shape index (κ3) is 5.76. The van der Waals surface area contributed by atoms with E-state index in [1.165, 1.54) is 11.8 Å². The first kappa shape index (κ1) is 20.3. The van der Waals surface area contributed by atoms with Gasteiger partial charge in [-0.1, -0.05) is 29.8 Å². The van der Waals surface area contributed by atoms with Crippen LogP contribution < -0.4 is 9.46 Å². The summed E-state index contributed by atoms with van der Waals surface area (Å²) in [4.78, 5) is 10.9. The van der Waals surface area contributed by atoms with E-state index in [0.717, 1.165) is 11.1 Å². The Bertz CT molecular complexity index is 833. The molecule has 0 amide bonds. The van der Waals surface area contributed by atoms with Crippen LogP contribution in [-0.4, -0.2) is 32.4 Å². The van der Waals surface area contributed by atoms with Crippen LogP contribution in [0, 0.1) is 6.92 Å². The molecule has 2 N–H and O–H groups in total. The molecule has 0 radical (unpaired) electrons. The fourth-order valence-corrected chi connectivity index (χ4v) is 4.75. The number of benzene rings is 2. The van der Waals surface area contributed by atoms with E-state index < -0.39 is 21.4 Å². The molecule has 2 rings (SSSR count). The third-order valence-corrected chi connectivity index (χ3v) is 6.36. The number of rotatable bonds is 9. The first-order chi connectivity index (χ1) is 12.3. The fourth-order valence-electron chi connectivity index (χ4n) is 2.17. The summed E-state index contributed by atoms with van der Waals surface area (Å²) < 4.78 is 33.1. The van der Waals surface area contributed by atoms with Crippen molar-refractivity contribution in [1.82, 2.24) is 4.72 Å². The lowest BCUT2D eigenvalue weighted by atomic mass is 10.2. The largest absolute Gasteiger partial charge is 0.497 e. The number of hydrogen-bond acceptors (Lipinski definition) is 5. The van der Waals surface area contributed by atoms with Crippen molar-refractivity contribution in [1.29, 1.82) is 0 Å². The van der Waals surface area contributed by atoms with Crippen LogP contribution in [0.1, 0.15) is 22.9 Å². The number of ether oxygens (including phenoxy) is 1. The summed E-state index contributed by atoms with van der Waals surface area (Å²) in [6, 6.07) is 13.5.